The molecule has 1 aliphatic heterocycles. The first-order chi connectivity index (χ1) is 8.74. The van der Waals surface area contributed by atoms with Gasteiger partial charge in [0.15, 0.2) is 11.6 Å². The lowest BCUT2D eigenvalue weighted by molar-refractivity contribution is -0.119. The first-order valence-corrected chi connectivity index (χ1v) is 5.90. The Balaban J connectivity index is 2.16. The van der Waals surface area contributed by atoms with Crippen molar-refractivity contribution in [1.29, 1.82) is 0 Å². The van der Waals surface area contributed by atoms with E-state index in [0.717, 1.165) is 6.54 Å². The Morgan fingerprint density at radius 1 is 1.50 bits per heavy atom. The summed E-state index contributed by atoms with van der Waals surface area (Å²) in [6.07, 6.45) is 1.91. The number of amides is 1. The van der Waals surface area contributed by atoms with Gasteiger partial charge in [-0.3, -0.25) is 4.79 Å². The molecule has 0 aliphatic carbocycles. The number of carbonyl (C=O) groups excluding carboxylic acids is 1. The van der Waals surface area contributed by atoms with Crippen LogP contribution in [0.2, 0.25) is 0 Å². The van der Waals surface area contributed by atoms with Gasteiger partial charge in [0.05, 0.1) is 13.2 Å². The Morgan fingerprint density at radius 2 is 2.28 bits per heavy atom. The highest BCUT2D eigenvalue weighted by Crippen LogP contribution is 2.29. The highest BCUT2D eigenvalue weighted by Gasteiger charge is 2.23. The molecule has 1 aliphatic rings. The number of hydrogen-bond acceptors (Lipinski definition) is 6. The van der Waals surface area contributed by atoms with Crippen molar-refractivity contribution in [3.63, 3.8) is 0 Å². The Bertz CT molecular complexity index is 437. The van der Waals surface area contributed by atoms with Crippen LogP contribution in [0, 0.1) is 0 Å². The Morgan fingerprint density at radius 3 is 2.89 bits per heavy atom. The largest absolute Gasteiger partial charge is 0.490 e. The molecular formula is C11H17N5O2. The molecule has 1 atom stereocenters. The molecule has 98 valence electrons. The molecular weight excluding hydrogens is 234 g/mol. The predicted molar refractivity (Wildman–Crippen MR) is 67.8 cm³/mol. The summed E-state index contributed by atoms with van der Waals surface area (Å²) in [6.45, 7) is 3.33. The smallest absolute Gasteiger partial charge is 0.222 e. The lowest BCUT2D eigenvalue weighted by Gasteiger charge is -2.16. The number of aromatic nitrogens is 2. The van der Waals surface area contributed by atoms with Crippen LogP contribution in [0.3, 0.4) is 0 Å². The molecule has 1 amide bonds. The fraction of sp³-hybridized carbons (Fsp3) is 0.545. The van der Waals surface area contributed by atoms with E-state index in [-0.39, 0.29) is 11.9 Å². The number of carbonyl (C=O) groups is 1. The number of methoxy groups -OCH3 is 1. The second-order valence-corrected chi connectivity index (χ2v) is 3.98. The van der Waals surface area contributed by atoms with Gasteiger partial charge in [0.25, 0.3) is 0 Å². The van der Waals surface area contributed by atoms with Crippen LogP contribution in [0.15, 0.2) is 6.33 Å². The van der Waals surface area contributed by atoms with Crippen molar-refractivity contribution in [2.45, 2.75) is 19.4 Å². The van der Waals surface area contributed by atoms with E-state index in [2.05, 4.69) is 25.9 Å². The van der Waals surface area contributed by atoms with Crippen LogP contribution in [-0.2, 0) is 4.79 Å². The van der Waals surface area contributed by atoms with Crippen LogP contribution in [0.1, 0.15) is 13.3 Å². The molecule has 0 aromatic carbocycles. The van der Waals surface area contributed by atoms with Gasteiger partial charge in [-0.25, -0.2) is 9.97 Å². The molecule has 0 radical (unpaired) electrons. The average Bonchev–Trinajstić information content (AvgIpc) is 2.76. The van der Waals surface area contributed by atoms with Crippen molar-refractivity contribution >= 4 is 17.5 Å². The summed E-state index contributed by atoms with van der Waals surface area (Å²) in [6, 6.07) is 0.0378. The minimum absolute atomic E-state index is 0.0378. The first-order valence-electron chi connectivity index (χ1n) is 5.90. The van der Waals surface area contributed by atoms with Gasteiger partial charge >= 0.3 is 0 Å². The van der Waals surface area contributed by atoms with Crippen molar-refractivity contribution in [3.05, 3.63) is 6.33 Å². The van der Waals surface area contributed by atoms with Gasteiger partial charge in [-0.15, -0.1) is 0 Å². The Hall–Kier alpha value is -2.05. The molecule has 2 rings (SSSR count). The summed E-state index contributed by atoms with van der Waals surface area (Å²) < 4.78 is 5.31. The lowest BCUT2D eigenvalue weighted by atomic mass is 10.2. The van der Waals surface area contributed by atoms with Gasteiger partial charge in [-0.05, 0) is 6.92 Å². The van der Waals surface area contributed by atoms with Gasteiger partial charge in [0.2, 0.25) is 11.7 Å². The standard InChI is InChI=1S/C11H17N5O2/c1-3-12-10-9(18-2)11(15-6-14-10)16-7-4-8(17)13-5-7/h6-7H,3-5H2,1-2H3,(H,13,17)(H2,12,14,15,16). The van der Waals surface area contributed by atoms with Crippen LogP contribution in [0.5, 0.6) is 5.75 Å². The molecule has 2 heterocycles. The quantitative estimate of drug-likeness (QED) is 0.693. The van der Waals surface area contributed by atoms with Crippen LogP contribution >= 0.6 is 0 Å². The third-order valence-corrected chi connectivity index (χ3v) is 2.67. The third-order valence-electron chi connectivity index (χ3n) is 2.67. The maximum absolute atomic E-state index is 11.1. The normalized spacial score (nSPS) is 18.3. The summed E-state index contributed by atoms with van der Waals surface area (Å²) in [7, 11) is 1.57. The molecule has 0 bridgehead atoms. The SMILES string of the molecule is CCNc1ncnc(NC2CNC(=O)C2)c1OC. The zero-order valence-corrected chi connectivity index (χ0v) is 10.5. The fourth-order valence-corrected chi connectivity index (χ4v) is 1.86. The van der Waals surface area contributed by atoms with E-state index in [9.17, 15) is 4.79 Å². The van der Waals surface area contributed by atoms with Crippen molar-refractivity contribution < 1.29 is 9.53 Å². The minimum atomic E-state index is 0.0378. The monoisotopic (exact) mass is 251 g/mol. The second kappa shape index (κ2) is 5.52. The summed E-state index contributed by atoms with van der Waals surface area (Å²) in [5.41, 5.74) is 0. The summed E-state index contributed by atoms with van der Waals surface area (Å²) in [5.74, 6) is 1.87. The number of ether oxygens (including phenoxy) is 1. The number of rotatable bonds is 5. The number of nitrogens with zero attached hydrogens (tertiary/aromatic N) is 2. The Labute approximate surface area is 105 Å². The lowest BCUT2D eigenvalue weighted by Crippen LogP contribution is -2.23. The van der Waals surface area contributed by atoms with Crippen LogP contribution < -0.4 is 20.7 Å². The molecule has 1 aromatic heterocycles. The highest BCUT2D eigenvalue weighted by atomic mass is 16.5. The molecule has 0 spiro atoms. The number of anilines is 2. The summed E-state index contributed by atoms with van der Waals surface area (Å²) in [4.78, 5) is 19.4. The molecule has 3 N–H and O–H groups in total. The predicted octanol–water partition coefficient (Wildman–Crippen LogP) is 0.217. The van der Waals surface area contributed by atoms with Gasteiger partial charge < -0.3 is 20.7 Å². The van der Waals surface area contributed by atoms with Crippen LogP contribution in [0.4, 0.5) is 11.6 Å². The van der Waals surface area contributed by atoms with Crippen molar-refractivity contribution in [2.75, 3.05) is 30.8 Å². The van der Waals surface area contributed by atoms with E-state index in [4.69, 9.17) is 4.74 Å². The van der Waals surface area contributed by atoms with Gasteiger partial charge in [-0.2, -0.15) is 0 Å². The third kappa shape index (κ3) is 2.61. The van der Waals surface area contributed by atoms with Gasteiger partial charge in [0.1, 0.15) is 6.33 Å². The van der Waals surface area contributed by atoms with Gasteiger partial charge in [-0.1, -0.05) is 0 Å². The maximum Gasteiger partial charge on any atom is 0.222 e. The number of hydrogen-bond donors (Lipinski definition) is 3. The van der Waals surface area contributed by atoms with E-state index >= 15 is 0 Å². The van der Waals surface area contributed by atoms with E-state index in [1.807, 2.05) is 6.92 Å². The molecule has 7 heteroatoms. The zero-order valence-electron chi connectivity index (χ0n) is 10.5. The van der Waals surface area contributed by atoms with Crippen molar-refractivity contribution in [2.24, 2.45) is 0 Å². The molecule has 18 heavy (non-hydrogen) atoms. The van der Waals surface area contributed by atoms with E-state index in [1.54, 1.807) is 7.11 Å². The molecule has 0 saturated carbocycles. The van der Waals surface area contributed by atoms with Crippen LogP contribution in [-0.4, -0.2) is 42.1 Å². The van der Waals surface area contributed by atoms with Crippen LogP contribution in [0.25, 0.3) is 0 Å². The molecule has 1 aromatic rings. The average molecular weight is 251 g/mol. The minimum Gasteiger partial charge on any atom is -0.490 e. The topological polar surface area (TPSA) is 88.2 Å². The summed E-state index contributed by atoms with van der Waals surface area (Å²) >= 11 is 0. The van der Waals surface area contributed by atoms with E-state index in [1.165, 1.54) is 6.33 Å². The zero-order chi connectivity index (χ0) is 13.0. The van der Waals surface area contributed by atoms with E-state index in [0.29, 0.717) is 30.4 Å². The maximum atomic E-state index is 11.1. The first kappa shape index (κ1) is 12.4. The van der Waals surface area contributed by atoms with Gasteiger partial charge in [0, 0.05) is 19.5 Å². The van der Waals surface area contributed by atoms with E-state index < -0.39 is 0 Å². The number of nitrogens with one attached hydrogen (secondary N) is 3. The molecule has 1 saturated heterocycles. The van der Waals surface area contributed by atoms with Crippen molar-refractivity contribution in [3.8, 4) is 5.75 Å². The highest BCUT2D eigenvalue weighted by molar-refractivity contribution is 5.80. The molecule has 7 nitrogen and oxygen atoms in total. The Kier molecular flexibility index (Phi) is 3.81. The summed E-state index contributed by atoms with van der Waals surface area (Å²) in [5, 5.41) is 9.06. The molecule has 1 unspecified atom stereocenters. The van der Waals surface area contributed by atoms with Crippen molar-refractivity contribution in [1.82, 2.24) is 15.3 Å². The molecule has 1 fully saturated rings. The second-order valence-electron chi connectivity index (χ2n) is 3.98. The fourth-order valence-electron chi connectivity index (χ4n) is 1.86.